The molecule has 7 heteroatoms. The van der Waals surface area contributed by atoms with E-state index in [2.05, 4.69) is 10.6 Å². The van der Waals surface area contributed by atoms with E-state index in [1.807, 2.05) is 66.2 Å². The third-order valence-corrected chi connectivity index (χ3v) is 4.85. The second kappa shape index (κ2) is 10.3. The van der Waals surface area contributed by atoms with Gasteiger partial charge in [-0.25, -0.2) is 4.79 Å². The molecule has 0 unspecified atom stereocenters. The van der Waals surface area contributed by atoms with Gasteiger partial charge in [0.1, 0.15) is 6.04 Å². The number of nitrogens with one attached hydrogen (secondary N) is 2. The zero-order valence-electron chi connectivity index (χ0n) is 17.9. The van der Waals surface area contributed by atoms with Crippen LogP contribution in [-0.4, -0.2) is 33.5 Å². The first-order valence-electron chi connectivity index (χ1n) is 10.2. The Labute approximate surface area is 186 Å². The molecule has 0 saturated heterocycles. The predicted octanol–water partition coefficient (Wildman–Crippen LogP) is 4.34. The Balaban J connectivity index is 1.64. The molecule has 0 saturated carbocycles. The van der Waals surface area contributed by atoms with Gasteiger partial charge in [-0.15, -0.1) is 0 Å². The number of benzene rings is 2. The van der Waals surface area contributed by atoms with Gasteiger partial charge in [-0.3, -0.25) is 9.59 Å². The van der Waals surface area contributed by atoms with Crippen molar-refractivity contribution >= 4 is 29.5 Å². The van der Waals surface area contributed by atoms with Crippen LogP contribution in [0.1, 0.15) is 34.1 Å². The van der Waals surface area contributed by atoms with E-state index in [4.69, 9.17) is 5.11 Å². The number of hydrogen-bond acceptors (Lipinski definition) is 3. The third kappa shape index (κ3) is 5.95. The number of anilines is 1. The fourth-order valence-electron chi connectivity index (χ4n) is 3.08. The van der Waals surface area contributed by atoms with E-state index >= 15 is 0 Å². The van der Waals surface area contributed by atoms with Crippen molar-refractivity contribution in [3.63, 3.8) is 0 Å². The molecule has 7 nitrogen and oxygen atoms in total. The van der Waals surface area contributed by atoms with Gasteiger partial charge >= 0.3 is 12.0 Å². The normalized spacial score (nSPS) is 11.8. The lowest BCUT2D eigenvalue weighted by Crippen LogP contribution is -2.40. The van der Waals surface area contributed by atoms with Crippen LogP contribution in [0.25, 0.3) is 6.08 Å². The van der Waals surface area contributed by atoms with Crippen LogP contribution in [0.2, 0.25) is 0 Å². The Morgan fingerprint density at radius 2 is 1.81 bits per heavy atom. The molecule has 0 aliphatic carbocycles. The lowest BCUT2D eigenvalue weighted by atomic mass is 10.1. The maximum Gasteiger partial charge on any atom is 0.325 e. The van der Waals surface area contributed by atoms with E-state index in [9.17, 15) is 14.4 Å². The maximum absolute atomic E-state index is 12.8. The van der Waals surface area contributed by atoms with E-state index in [0.29, 0.717) is 23.5 Å². The zero-order chi connectivity index (χ0) is 23.1. The first kappa shape index (κ1) is 22.6. The summed E-state index contributed by atoms with van der Waals surface area (Å²) in [5.74, 6) is -1.14. The van der Waals surface area contributed by atoms with Crippen molar-refractivity contribution in [1.29, 1.82) is 0 Å². The molecule has 3 aromatic rings. The van der Waals surface area contributed by atoms with Gasteiger partial charge in [0.05, 0.1) is 5.69 Å². The van der Waals surface area contributed by atoms with Crippen molar-refractivity contribution in [2.75, 3.05) is 5.32 Å². The predicted molar refractivity (Wildman–Crippen MR) is 124 cm³/mol. The molecule has 3 N–H and O–H groups in total. The summed E-state index contributed by atoms with van der Waals surface area (Å²) in [7, 11) is 0. The number of carboxylic acids is 1. The van der Waals surface area contributed by atoms with Crippen LogP contribution >= 0.6 is 0 Å². The van der Waals surface area contributed by atoms with Gasteiger partial charge in [0.2, 0.25) is 5.78 Å². The Kier molecular flexibility index (Phi) is 7.23. The number of nitrogens with zero attached hydrogens (tertiary/aromatic N) is 1. The number of carbonyl (C=O) groups is 3. The average Bonchev–Trinajstić information content (AvgIpc) is 3.22. The smallest absolute Gasteiger partial charge is 0.325 e. The van der Waals surface area contributed by atoms with Gasteiger partial charge < -0.3 is 20.3 Å². The van der Waals surface area contributed by atoms with Crippen molar-refractivity contribution in [2.45, 2.75) is 26.4 Å². The third-order valence-electron chi connectivity index (χ3n) is 4.85. The highest BCUT2D eigenvalue weighted by Gasteiger charge is 2.14. The van der Waals surface area contributed by atoms with Gasteiger partial charge in [-0.05, 0) is 43.7 Å². The fourth-order valence-corrected chi connectivity index (χ4v) is 3.08. The van der Waals surface area contributed by atoms with Crippen molar-refractivity contribution in [3.8, 4) is 0 Å². The van der Waals surface area contributed by atoms with Crippen LogP contribution in [0.3, 0.4) is 0 Å². The van der Waals surface area contributed by atoms with E-state index in [1.54, 1.807) is 24.3 Å². The lowest BCUT2D eigenvalue weighted by molar-refractivity contribution is -0.138. The Hall–Kier alpha value is -4.13. The van der Waals surface area contributed by atoms with E-state index in [-0.39, 0.29) is 5.78 Å². The highest BCUT2D eigenvalue weighted by molar-refractivity contribution is 6.08. The summed E-state index contributed by atoms with van der Waals surface area (Å²) in [4.78, 5) is 35.6. The SMILES string of the molecule is Cc1ccc(C(=O)c2cccn2C/C=C/c2cccc(NC(=O)N[C@@H](C)C(=O)O)c2)cc1. The van der Waals surface area contributed by atoms with Gasteiger partial charge in [-0.1, -0.05) is 54.1 Å². The standard InChI is InChI=1S/C25H25N3O4/c1-17-10-12-20(13-11-17)23(29)22-9-5-15-28(22)14-4-7-19-6-3-8-21(16-19)27-25(32)26-18(2)24(30)31/h3-13,15-16,18H,14H2,1-2H3,(H,30,31)(H2,26,27,32)/b7-4+/t18-/m0/s1. The van der Waals surface area contributed by atoms with E-state index in [1.165, 1.54) is 6.92 Å². The Morgan fingerprint density at radius 3 is 2.53 bits per heavy atom. The number of allylic oxidation sites excluding steroid dienone is 1. The molecular formula is C25H25N3O4. The van der Waals surface area contributed by atoms with E-state index in [0.717, 1.165) is 11.1 Å². The van der Waals surface area contributed by atoms with Crippen molar-refractivity contribution in [2.24, 2.45) is 0 Å². The van der Waals surface area contributed by atoms with Crippen molar-refractivity contribution in [1.82, 2.24) is 9.88 Å². The Morgan fingerprint density at radius 1 is 1.06 bits per heavy atom. The second-order valence-electron chi connectivity index (χ2n) is 7.43. The summed E-state index contributed by atoms with van der Waals surface area (Å²) in [6.07, 6.45) is 5.68. The summed E-state index contributed by atoms with van der Waals surface area (Å²) in [6.45, 7) is 3.88. The quantitative estimate of drug-likeness (QED) is 0.462. The summed E-state index contributed by atoms with van der Waals surface area (Å²) in [5.41, 5.74) is 3.75. The molecule has 32 heavy (non-hydrogen) atoms. The molecule has 2 aromatic carbocycles. The van der Waals surface area contributed by atoms with Gasteiger partial charge in [0.15, 0.2) is 0 Å². The number of aromatic nitrogens is 1. The fraction of sp³-hybridized carbons (Fsp3) is 0.160. The van der Waals surface area contributed by atoms with Crippen LogP contribution < -0.4 is 10.6 Å². The van der Waals surface area contributed by atoms with Crippen molar-refractivity contribution in [3.05, 3.63) is 95.3 Å². The van der Waals surface area contributed by atoms with Crippen LogP contribution in [0, 0.1) is 6.92 Å². The molecule has 0 aliphatic rings. The Bertz CT molecular complexity index is 1150. The molecule has 1 heterocycles. The molecule has 0 fully saturated rings. The molecular weight excluding hydrogens is 406 g/mol. The summed E-state index contributed by atoms with van der Waals surface area (Å²) in [6, 6.07) is 16.7. The van der Waals surface area contributed by atoms with Gasteiger partial charge in [0.25, 0.3) is 0 Å². The first-order chi connectivity index (χ1) is 15.3. The van der Waals surface area contributed by atoms with E-state index < -0.39 is 18.0 Å². The number of rotatable bonds is 8. The minimum Gasteiger partial charge on any atom is -0.480 e. The number of hydrogen-bond donors (Lipinski definition) is 3. The highest BCUT2D eigenvalue weighted by atomic mass is 16.4. The maximum atomic E-state index is 12.8. The van der Waals surface area contributed by atoms with Crippen molar-refractivity contribution < 1.29 is 19.5 Å². The molecule has 2 amide bonds. The minimum absolute atomic E-state index is 0.0313. The largest absolute Gasteiger partial charge is 0.480 e. The molecule has 0 bridgehead atoms. The number of carbonyl (C=O) groups excluding carboxylic acids is 2. The highest BCUT2D eigenvalue weighted by Crippen LogP contribution is 2.14. The van der Waals surface area contributed by atoms with Crippen LogP contribution in [-0.2, 0) is 11.3 Å². The molecule has 1 atom stereocenters. The number of aliphatic carboxylic acids is 1. The molecule has 0 radical (unpaired) electrons. The minimum atomic E-state index is -1.11. The second-order valence-corrected chi connectivity index (χ2v) is 7.43. The van der Waals surface area contributed by atoms with Gasteiger partial charge in [-0.2, -0.15) is 0 Å². The zero-order valence-corrected chi connectivity index (χ0v) is 17.9. The van der Waals surface area contributed by atoms with Crippen LogP contribution in [0.5, 0.6) is 0 Å². The molecule has 0 spiro atoms. The first-order valence-corrected chi connectivity index (χ1v) is 10.2. The molecule has 164 valence electrons. The number of ketones is 1. The number of urea groups is 1. The van der Waals surface area contributed by atoms with Crippen LogP contribution in [0.4, 0.5) is 10.5 Å². The lowest BCUT2D eigenvalue weighted by Gasteiger charge is -2.11. The summed E-state index contributed by atoms with van der Waals surface area (Å²) < 4.78 is 1.88. The summed E-state index contributed by atoms with van der Waals surface area (Å²) >= 11 is 0. The summed E-state index contributed by atoms with van der Waals surface area (Å²) in [5, 5.41) is 13.8. The number of amides is 2. The molecule has 3 rings (SSSR count). The average molecular weight is 431 g/mol. The number of carboxylic acid groups (broad SMARTS) is 1. The van der Waals surface area contributed by atoms with Gasteiger partial charge in [0, 0.05) is 24.0 Å². The monoisotopic (exact) mass is 431 g/mol. The molecule has 1 aromatic heterocycles. The van der Waals surface area contributed by atoms with Crippen LogP contribution in [0.15, 0.2) is 72.9 Å². The topological polar surface area (TPSA) is 100 Å². The number of aryl methyl sites for hydroxylation is 1. The molecule has 0 aliphatic heterocycles.